The first-order chi connectivity index (χ1) is 5.27. The fourth-order valence-electron chi connectivity index (χ4n) is 1.12. The van der Waals surface area contributed by atoms with Crippen LogP contribution in [-0.4, -0.2) is 13.1 Å². The maximum atomic E-state index is 2.37. The summed E-state index contributed by atoms with van der Waals surface area (Å²) in [5.74, 6) is 0. The van der Waals surface area contributed by atoms with Crippen LogP contribution in [0, 0.1) is 6.92 Å². The number of rotatable bonds is 3. The highest BCUT2D eigenvalue weighted by molar-refractivity contribution is 7.14. The van der Waals surface area contributed by atoms with Gasteiger partial charge in [-0.1, -0.05) is 0 Å². The van der Waals surface area contributed by atoms with Crippen molar-refractivity contribution in [2.45, 2.75) is 20.8 Å². The molecule has 1 nitrogen and oxygen atoms in total. The lowest BCUT2D eigenvalue weighted by molar-refractivity contribution is 0.876. The molecule has 0 saturated carbocycles. The Balaban J connectivity index is 2.73. The van der Waals surface area contributed by atoms with Crippen molar-refractivity contribution < 1.29 is 0 Å². The van der Waals surface area contributed by atoms with Crippen molar-refractivity contribution in [1.82, 2.24) is 0 Å². The molecule has 0 aliphatic rings. The lowest BCUT2D eigenvalue weighted by atomic mass is 10.4. The molecule has 0 fully saturated rings. The van der Waals surface area contributed by atoms with Crippen LogP contribution in [0.1, 0.15) is 19.4 Å². The Hall–Kier alpha value is -0.500. The van der Waals surface area contributed by atoms with Gasteiger partial charge in [0.2, 0.25) is 0 Å². The molecule has 0 atom stereocenters. The van der Waals surface area contributed by atoms with Gasteiger partial charge in [-0.2, -0.15) is 0 Å². The molecule has 0 N–H and O–H groups in total. The largest absolute Gasteiger partial charge is 0.364 e. The van der Waals surface area contributed by atoms with Crippen LogP contribution in [0.4, 0.5) is 5.00 Å². The summed E-state index contributed by atoms with van der Waals surface area (Å²) in [5, 5.41) is 3.60. The Morgan fingerprint density at radius 2 is 2.00 bits per heavy atom. The smallest absolute Gasteiger partial charge is 0.0911 e. The number of thiophene rings is 1. The van der Waals surface area contributed by atoms with Gasteiger partial charge in [0.25, 0.3) is 0 Å². The Bertz CT molecular complexity index is 213. The van der Waals surface area contributed by atoms with Gasteiger partial charge in [-0.3, -0.25) is 0 Å². The first-order valence-corrected chi connectivity index (χ1v) is 4.96. The lowest BCUT2D eigenvalue weighted by Crippen LogP contribution is -2.20. The Kier molecular flexibility index (Phi) is 2.94. The standard InChI is InChI=1S/C9H15NS/c1-4-10(5-2)9-6-8(3)7-11-9/h6-7H,4-5H2,1-3H3. The van der Waals surface area contributed by atoms with E-state index in [1.165, 1.54) is 10.6 Å². The van der Waals surface area contributed by atoms with Gasteiger partial charge in [0.05, 0.1) is 5.00 Å². The molecule has 0 bridgehead atoms. The van der Waals surface area contributed by atoms with Crippen molar-refractivity contribution in [3.63, 3.8) is 0 Å². The molecule has 0 amide bonds. The van der Waals surface area contributed by atoms with Crippen LogP contribution in [-0.2, 0) is 0 Å². The van der Waals surface area contributed by atoms with Crippen molar-refractivity contribution in [3.05, 3.63) is 17.0 Å². The molecular formula is C9H15NS. The van der Waals surface area contributed by atoms with Gasteiger partial charge in [-0.25, -0.2) is 0 Å². The maximum absolute atomic E-state index is 2.37. The number of anilines is 1. The summed E-state index contributed by atoms with van der Waals surface area (Å²) >= 11 is 1.83. The summed E-state index contributed by atoms with van der Waals surface area (Å²) < 4.78 is 0. The van der Waals surface area contributed by atoms with Crippen molar-refractivity contribution in [3.8, 4) is 0 Å². The van der Waals surface area contributed by atoms with Crippen molar-refractivity contribution in [1.29, 1.82) is 0 Å². The fourth-order valence-corrected chi connectivity index (χ4v) is 2.15. The van der Waals surface area contributed by atoms with Crippen LogP contribution >= 0.6 is 11.3 Å². The third-order valence-electron chi connectivity index (χ3n) is 1.79. The topological polar surface area (TPSA) is 3.24 Å². The van der Waals surface area contributed by atoms with Crippen LogP contribution in [0.5, 0.6) is 0 Å². The Morgan fingerprint density at radius 3 is 2.36 bits per heavy atom. The first kappa shape index (κ1) is 8.60. The Morgan fingerprint density at radius 1 is 1.36 bits per heavy atom. The summed E-state index contributed by atoms with van der Waals surface area (Å²) in [6.45, 7) is 8.74. The second-order valence-corrected chi connectivity index (χ2v) is 3.52. The summed E-state index contributed by atoms with van der Waals surface area (Å²) in [6.07, 6.45) is 0. The number of aryl methyl sites for hydroxylation is 1. The molecule has 0 spiro atoms. The average Bonchev–Trinajstić information content (AvgIpc) is 2.39. The fraction of sp³-hybridized carbons (Fsp3) is 0.556. The van der Waals surface area contributed by atoms with Gasteiger partial charge in [-0.05, 0) is 37.8 Å². The molecule has 62 valence electrons. The van der Waals surface area contributed by atoms with E-state index in [2.05, 4.69) is 37.1 Å². The van der Waals surface area contributed by atoms with E-state index in [-0.39, 0.29) is 0 Å². The minimum absolute atomic E-state index is 1.11. The van der Waals surface area contributed by atoms with Gasteiger partial charge in [0.15, 0.2) is 0 Å². The monoisotopic (exact) mass is 169 g/mol. The van der Waals surface area contributed by atoms with E-state index in [9.17, 15) is 0 Å². The van der Waals surface area contributed by atoms with E-state index in [4.69, 9.17) is 0 Å². The minimum Gasteiger partial charge on any atom is -0.364 e. The van der Waals surface area contributed by atoms with Crippen molar-refractivity contribution in [2.75, 3.05) is 18.0 Å². The molecule has 1 rings (SSSR count). The highest BCUT2D eigenvalue weighted by Crippen LogP contribution is 2.23. The quantitative estimate of drug-likeness (QED) is 0.672. The molecule has 2 heteroatoms. The van der Waals surface area contributed by atoms with E-state index in [1.54, 1.807) is 0 Å². The molecule has 11 heavy (non-hydrogen) atoms. The lowest BCUT2D eigenvalue weighted by Gasteiger charge is -2.17. The second kappa shape index (κ2) is 3.77. The molecule has 0 saturated heterocycles. The van der Waals surface area contributed by atoms with E-state index < -0.39 is 0 Å². The third-order valence-corrected chi connectivity index (χ3v) is 2.90. The summed E-state index contributed by atoms with van der Waals surface area (Å²) in [4.78, 5) is 2.37. The van der Waals surface area contributed by atoms with Gasteiger partial charge < -0.3 is 4.90 Å². The van der Waals surface area contributed by atoms with E-state index in [0.717, 1.165) is 13.1 Å². The molecule has 0 aromatic carbocycles. The normalized spacial score (nSPS) is 10.1. The van der Waals surface area contributed by atoms with Crippen LogP contribution in [0.3, 0.4) is 0 Å². The third kappa shape index (κ3) is 1.96. The summed E-state index contributed by atoms with van der Waals surface area (Å²) in [6, 6.07) is 2.25. The van der Waals surface area contributed by atoms with Gasteiger partial charge in [0.1, 0.15) is 0 Å². The zero-order chi connectivity index (χ0) is 8.27. The molecule has 0 radical (unpaired) electrons. The molecule has 0 unspecified atom stereocenters. The first-order valence-electron chi connectivity index (χ1n) is 4.08. The molecule has 1 heterocycles. The summed E-state index contributed by atoms with van der Waals surface area (Å²) in [7, 11) is 0. The predicted octanol–water partition coefficient (Wildman–Crippen LogP) is 2.90. The molecule has 1 aromatic rings. The average molecular weight is 169 g/mol. The van der Waals surface area contributed by atoms with Crippen molar-refractivity contribution >= 4 is 16.3 Å². The SMILES string of the molecule is CCN(CC)c1cc(C)cs1. The van der Waals surface area contributed by atoms with Crippen LogP contribution in [0.25, 0.3) is 0 Å². The zero-order valence-electron chi connectivity index (χ0n) is 7.42. The van der Waals surface area contributed by atoms with Gasteiger partial charge in [-0.15, -0.1) is 11.3 Å². The molecule has 0 aliphatic carbocycles. The summed E-state index contributed by atoms with van der Waals surface area (Å²) in [5.41, 5.74) is 1.37. The minimum atomic E-state index is 1.11. The van der Waals surface area contributed by atoms with Crippen LogP contribution in [0.15, 0.2) is 11.4 Å². The maximum Gasteiger partial charge on any atom is 0.0911 e. The van der Waals surface area contributed by atoms with E-state index in [1.807, 2.05) is 11.3 Å². The molecule has 1 aromatic heterocycles. The highest BCUT2D eigenvalue weighted by atomic mass is 32.1. The van der Waals surface area contributed by atoms with Gasteiger partial charge in [0, 0.05) is 13.1 Å². The van der Waals surface area contributed by atoms with E-state index in [0.29, 0.717) is 0 Å². The number of hydrogen-bond donors (Lipinski definition) is 0. The highest BCUT2D eigenvalue weighted by Gasteiger charge is 2.02. The second-order valence-electron chi connectivity index (χ2n) is 2.63. The number of hydrogen-bond acceptors (Lipinski definition) is 2. The van der Waals surface area contributed by atoms with Crippen LogP contribution in [0.2, 0.25) is 0 Å². The molecular weight excluding hydrogens is 154 g/mol. The number of nitrogens with zero attached hydrogens (tertiary/aromatic N) is 1. The molecule has 0 aliphatic heterocycles. The predicted molar refractivity (Wildman–Crippen MR) is 52.6 cm³/mol. The van der Waals surface area contributed by atoms with E-state index >= 15 is 0 Å². The Labute approximate surface area is 72.7 Å². The zero-order valence-corrected chi connectivity index (χ0v) is 8.24. The van der Waals surface area contributed by atoms with Gasteiger partial charge >= 0.3 is 0 Å². The van der Waals surface area contributed by atoms with Crippen LogP contribution < -0.4 is 4.90 Å². The van der Waals surface area contributed by atoms with Crippen molar-refractivity contribution in [2.24, 2.45) is 0 Å².